The van der Waals surface area contributed by atoms with Gasteiger partial charge in [0.1, 0.15) is 22.5 Å². The van der Waals surface area contributed by atoms with Crippen molar-refractivity contribution in [1.29, 1.82) is 0 Å². The van der Waals surface area contributed by atoms with E-state index in [0.717, 1.165) is 74.3 Å². The molecule has 0 saturated heterocycles. The molecule has 0 atom stereocenters. The van der Waals surface area contributed by atoms with E-state index in [0.29, 0.717) is 0 Å². The van der Waals surface area contributed by atoms with Gasteiger partial charge in [0.2, 0.25) is 0 Å². The largest absolute Gasteiger partial charge is 0.497 e. The molecule has 0 unspecified atom stereocenters. The number of aromatic amines is 1. The van der Waals surface area contributed by atoms with Gasteiger partial charge < -0.3 is 9.47 Å². The molecular formula is C61H58Br3I5N10O2. The number of benzene rings is 7. The summed E-state index contributed by atoms with van der Waals surface area (Å²) in [5.41, 5.74) is 11.0. The molecule has 12 aromatic rings. The van der Waals surface area contributed by atoms with Gasteiger partial charge in [0.25, 0.3) is 0 Å². The first-order chi connectivity index (χ1) is 39.0. The number of hydrogen-bond donors (Lipinski definition) is 1. The van der Waals surface area contributed by atoms with Crippen LogP contribution in [0.25, 0.3) is 54.5 Å². The predicted molar refractivity (Wildman–Crippen MR) is 385 cm³/mol. The highest BCUT2D eigenvalue weighted by Gasteiger charge is 2.11. The van der Waals surface area contributed by atoms with Crippen molar-refractivity contribution in [3.63, 3.8) is 0 Å². The number of fused-ring (bicyclic) bond motifs is 5. The zero-order valence-corrected chi connectivity index (χ0v) is 60.8. The summed E-state index contributed by atoms with van der Waals surface area (Å²) in [5, 5.41) is 30.7. The van der Waals surface area contributed by atoms with Crippen LogP contribution in [-0.2, 0) is 40.0 Å². The Balaban J connectivity index is 0.000000135. The first-order valence-corrected chi connectivity index (χ1v) is 33.7. The number of unbranched alkanes of at least 4 members (excludes halogenated alkanes) is 2. The molecular weight excluding hydrogens is 1780 g/mol. The average molecular weight is 1840 g/mol. The summed E-state index contributed by atoms with van der Waals surface area (Å²) in [6.45, 7) is 5.97. The summed E-state index contributed by atoms with van der Waals surface area (Å²) in [6, 6.07) is 37.7. The third kappa shape index (κ3) is 17.4. The average Bonchev–Trinajstić information content (AvgIpc) is 4.34. The fraction of sp³-hybridized carbons (Fsp3) is 0.230. The van der Waals surface area contributed by atoms with Crippen molar-refractivity contribution in [3.8, 4) is 11.5 Å². The molecule has 81 heavy (non-hydrogen) atoms. The Morgan fingerprint density at radius 1 is 0.494 bits per heavy atom. The third-order valence-corrected chi connectivity index (χ3v) is 18.4. The van der Waals surface area contributed by atoms with E-state index < -0.39 is 0 Å². The summed E-state index contributed by atoms with van der Waals surface area (Å²) >= 11 is 22.2. The van der Waals surface area contributed by atoms with Crippen LogP contribution in [0, 0.1) is 17.9 Å². The summed E-state index contributed by atoms with van der Waals surface area (Å²) < 4.78 is 27.5. The Hall–Kier alpha value is -3.42. The Morgan fingerprint density at radius 2 is 0.988 bits per heavy atom. The normalized spacial score (nSPS) is 11.0. The van der Waals surface area contributed by atoms with E-state index >= 15 is 0 Å². The minimum Gasteiger partial charge on any atom is -0.497 e. The lowest BCUT2D eigenvalue weighted by atomic mass is 10.1. The maximum Gasteiger partial charge on any atom is 0.118 e. The summed E-state index contributed by atoms with van der Waals surface area (Å²) in [6.07, 6.45) is 17.2. The zero-order valence-electron chi connectivity index (χ0n) is 45.3. The van der Waals surface area contributed by atoms with Crippen LogP contribution >= 0.6 is 161 Å². The number of methoxy groups -OCH3 is 2. The van der Waals surface area contributed by atoms with Crippen LogP contribution < -0.4 is 9.47 Å². The van der Waals surface area contributed by atoms with Crippen LogP contribution in [0.15, 0.2) is 154 Å². The molecule has 0 aliphatic rings. The van der Waals surface area contributed by atoms with Crippen molar-refractivity contribution < 1.29 is 9.47 Å². The Bertz CT molecular complexity index is 4020. The SMILES string of the molecule is Brc1cc(I)c2[nH]ncc2c1.CCCCc1cc(I)c2c(cnn2C)c1.CCCCc1cc(I)c2nn(C)cc2c1.COc1ccc(Cn2cc3cc(Br)cc(I)c3n2)cc1.COc1ccc(Cn2ncc3cc(Br)cc(I)c32)cc1. The summed E-state index contributed by atoms with van der Waals surface area (Å²) in [5.74, 6) is 1.75. The van der Waals surface area contributed by atoms with Gasteiger partial charge in [-0.25, -0.2) is 0 Å². The van der Waals surface area contributed by atoms with E-state index in [1.54, 1.807) is 14.2 Å². The number of rotatable bonds is 12. The quantitative estimate of drug-likeness (QED) is 0.121. The van der Waals surface area contributed by atoms with Gasteiger partial charge in [0.05, 0.1) is 62.4 Å². The van der Waals surface area contributed by atoms with E-state index in [1.165, 1.54) is 96.9 Å². The maximum absolute atomic E-state index is 5.18. The van der Waals surface area contributed by atoms with Gasteiger partial charge in [-0.05, 0) is 246 Å². The molecule has 7 aromatic carbocycles. The molecule has 0 fully saturated rings. The topological polar surface area (TPSA) is 118 Å². The molecule has 420 valence electrons. The number of nitrogens with one attached hydrogen (secondary N) is 1. The molecule has 12 rings (SSSR count). The van der Waals surface area contributed by atoms with Gasteiger partial charge >= 0.3 is 0 Å². The minimum atomic E-state index is 0.755. The lowest BCUT2D eigenvalue weighted by molar-refractivity contribution is 0.414. The summed E-state index contributed by atoms with van der Waals surface area (Å²) in [4.78, 5) is 0. The molecule has 0 radical (unpaired) electrons. The van der Waals surface area contributed by atoms with Crippen LogP contribution in [0.3, 0.4) is 0 Å². The molecule has 0 saturated carbocycles. The monoisotopic (exact) mass is 1830 g/mol. The van der Waals surface area contributed by atoms with Crippen LogP contribution in [0.4, 0.5) is 0 Å². The standard InChI is InChI=1S/2C15H12BrIN2O.2C12H15IN2.C7H4BrIN2/c1-20-13-4-2-10(3-5-13)9-19-15-11(8-18-19)6-12(16)7-14(15)17;1-20-13-4-2-10(3-5-13)8-19-9-11-6-12(16)7-14(17)15(11)18-19;1-3-4-5-9-6-10-8-15(2)14-12(10)11(13)7-9;1-3-4-5-9-6-10-8-14-15(2)12(10)11(13)7-9;8-5-1-4-3-10-11-7(4)6(9)2-5/h2-8H,9H2,1H3;2-7,9H,8H2,1H3;2*6-8H,3-5H2,1-2H3;1-3H,(H,10,11). The van der Waals surface area contributed by atoms with Crippen molar-refractivity contribution in [1.82, 2.24) is 49.3 Å². The van der Waals surface area contributed by atoms with Gasteiger partial charge in [-0.1, -0.05) is 98.7 Å². The van der Waals surface area contributed by atoms with Crippen LogP contribution in [0.1, 0.15) is 61.8 Å². The second kappa shape index (κ2) is 30.6. The first kappa shape index (κ1) is 63.6. The molecule has 20 heteroatoms. The van der Waals surface area contributed by atoms with Crippen molar-refractivity contribution >= 4 is 215 Å². The lowest BCUT2D eigenvalue weighted by Gasteiger charge is -2.07. The smallest absolute Gasteiger partial charge is 0.118 e. The molecule has 1 N–H and O–H groups in total. The third-order valence-electron chi connectivity index (χ3n) is 12.9. The fourth-order valence-electron chi connectivity index (χ4n) is 8.90. The van der Waals surface area contributed by atoms with Crippen LogP contribution in [-0.4, -0.2) is 63.5 Å². The van der Waals surface area contributed by atoms with Gasteiger partial charge in [-0.3, -0.25) is 23.8 Å². The minimum absolute atomic E-state index is 0.755. The maximum atomic E-state index is 5.18. The fourth-order valence-corrected chi connectivity index (χ4v) is 15.9. The molecule has 5 aromatic heterocycles. The first-order valence-electron chi connectivity index (χ1n) is 25.9. The highest BCUT2D eigenvalue weighted by Crippen LogP contribution is 2.29. The van der Waals surface area contributed by atoms with Gasteiger partial charge in [-0.2, -0.15) is 25.5 Å². The number of halogens is 8. The highest BCUT2D eigenvalue weighted by molar-refractivity contribution is 14.1. The van der Waals surface area contributed by atoms with E-state index in [2.05, 4.69) is 296 Å². The molecule has 0 aliphatic carbocycles. The van der Waals surface area contributed by atoms with Crippen LogP contribution in [0.2, 0.25) is 0 Å². The number of aryl methyl sites for hydroxylation is 4. The predicted octanol–water partition coefficient (Wildman–Crippen LogP) is 18.9. The number of H-pyrrole nitrogens is 1. The molecule has 0 bridgehead atoms. The van der Waals surface area contributed by atoms with Crippen molar-refractivity contribution in [3.05, 3.63) is 194 Å². The lowest BCUT2D eigenvalue weighted by Crippen LogP contribution is -2.02. The molecule has 0 amide bonds. The van der Waals surface area contributed by atoms with E-state index in [9.17, 15) is 0 Å². The second-order valence-electron chi connectivity index (χ2n) is 19.0. The molecule has 5 heterocycles. The number of nitrogens with zero attached hydrogens (tertiary/aromatic N) is 9. The molecule has 0 aliphatic heterocycles. The highest BCUT2D eigenvalue weighted by atomic mass is 127. The number of hydrogen-bond acceptors (Lipinski definition) is 7. The van der Waals surface area contributed by atoms with Gasteiger partial charge in [0.15, 0.2) is 0 Å². The van der Waals surface area contributed by atoms with Crippen molar-refractivity contribution in [2.75, 3.05) is 14.2 Å². The van der Waals surface area contributed by atoms with E-state index in [4.69, 9.17) is 9.47 Å². The number of ether oxygens (including phenoxy) is 2. The van der Waals surface area contributed by atoms with Crippen LogP contribution in [0.5, 0.6) is 11.5 Å². The van der Waals surface area contributed by atoms with Crippen molar-refractivity contribution in [2.45, 2.75) is 65.5 Å². The van der Waals surface area contributed by atoms with E-state index in [1.807, 2.05) is 81.7 Å². The Kier molecular flexibility index (Phi) is 24.0. The Labute approximate surface area is 565 Å². The molecule has 12 nitrogen and oxygen atoms in total. The Morgan fingerprint density at radius 3 is 1.62 bits per heavy atom. The van der Waals surface area contributed by atoms with Gasteiger partial charge in [-0.15, -0.1) is 0 Å². The molecule has 0 spiro atoms. The second-order valence-corrected chi connectivity index (χ2v) is 27.6. The van der Waals surface area contributed by atoms with Crippen molar-refractivity contribution in [2.24, 2.45) is 14.1 Å². The number of aromatic nitrogens is 10. The van der Waals surface area contributed by atoms with E-state index in [-0.39, 0.29) is 0 Å². The zero-order chi connectivity index (χ0) is 57.7. The summed E-state index contributed by atoms with van der Waals surface area (Å²) in [7, 11) is 7.32. The van der Waals surface area contributed by atoms with Gasteiger partial charge in [0, 0.05) is 84.7 Å².